The van der Waals surface area contributed by atoms with E-state index < -0.39 is 86.8 Å². The van der Waals surface area contributed by atoms with E-state index in [1.54, 1.807) is 0 Å². The molecule has 0 bridgehead atoms. The minimum Gasteiger partial charge on any atom is -0.394 e. The normalized spacial score (nSPS) is 48.2. The molecule has 0 aromatic carbocycles. The van der Waals surface area contributed by atoms with Gasteiger partial charge in [0, 0.05) is 0 Å². The molecular weight excluding hydrogens is 376 g/mol. The monoisotopic (exact) mass is 402 g/mol. The van der Waals surface area contributed by atoms with E-state index in [2.05, 4.69) is 0 Å². The Morgan fingerprint density at radius 1 is 0.667 bits per heavy atom. The average Bonchev–Trinajstić information content (AvgIpc) is 2.66. The lowest BCUT2D eigenvalue weighted by molar-refractivity contribution is -0.369. The molecule has 2 aliphatic rings. The summed E-state index contributed by atoms with van der Waals surface area (Å²) in [5.74, 6) is 0. The standard InChI is InChI=1S/C14H26O13/c15-1-3(17)10-7(21)8(22)12(13(24)25-10)27-14-9(23)5(19)6(20)11(26-14)4(18)2-16/h3-24H,1-2H2/t3-,4?,5?,6?,7-,8-,9?,10+,11?,12-,13?,14?/m0/s1. The number of ether oxygens (including phenoxy) is 3. The lowest BCUT2D eigenvalue weighted by Crippen LogP contribution is -2.66. The molecule has 2 fully saturated rings. The van der Waals surface area contributed by atoms with Gasteiger partial charge in [-0.15, -0.1) is 0 Å². The van der Waals surface area contributed by atoms with Crippen molar-refractivity contribution < 1.29 is 65.3 Å². The van der Waals surface area contributed by atoms with Crippen LogP contribution in [0.25, 0.3) is 0 Å². The molecule has 13 nitrogen and oxygen atoms in total. The van der Waals surface area contributed by atoms with Gasteiger partial charge < -0.3 is 65.3 Å². The van der Waals surface area contributed by atoms with Crippen molar-refractivity contribution in [3.05, 3.63) is 0 Å². The van der Waals surface area contributed by atoms with Gasteiger partial charge in [0.2, 0.25) is 0 Å². The molecule has 0 aromatic rings. The molecule has 0 radical (unpaired) electrons. The highest BCUT2D eigenvalue weighted by Crippen LogP contribution is 2.30. The minimum atomic E-state index is -1.93. The highest BCUT2D eigenvalue weighted by atomic mass is 16.7. The molecule has 2 rings (SSSR count). The van der Waals surface area contributed by atoms with Gasteiger partial charge in [0.15, 0.2) is 12.6 Å². The number of aliphatic hydroxyl groups is 10. The summed E-state index contributed by atoms with van der Waals surface area (Å²) >= 11 is 0. The zero-order chi connectivity index (χ0) is 20.5. The summed E-state index contributed by atoms with van der Waals surface area (Å²) < 4.78 is 15.2. The van der Waals surface area contributed by atoms with Gasteiger partial charge in [-0.1, -0.05) is 0 Å². The molecule has 27 heavy (non-hydrogen) atoms. The number of hydrogen-bond acceptors (Lipinski definition) is 13. The number of hydrogen-bond donors (Lipinski definition) is 10. The Balaban J connectivity index is 2.12. The minimum absolute atomic E-state index is 0.818. The van der Waals surface area contributed by atoms with Gasteiger partial charge in [-0.2, -0.15) is 0 Å². The van der Waals surface area contributed by atoms with Crippen molar-refractivity contribution in [1.82, 2.24) is 0 Å². The van der Waals surface area contributed by atoms with Crippen molar-refractivity contribution in [2.45, 2.75) is 73.6 Å². The molecule has 0 aromatic heterocycles. The van der Waals surface area contributed by atoms with Gasteiger partial charge >= 0.3 is 0 Å². The van der Waals surface area contributed by atoms with Crippen LogP contribution < -0.4 is 0 Å². The molecule has 13 heteroatoms. The lowest BCUT2D eigenvalue weighted by Gasteiger charge is -2.46. The second-order valence-corrected chi connectivity index (χ2v) is 6.51. The smallest absolute Gasteiger partial charge is 0.187 e. The lowest BCUT2D eigenvalue weighted by atomic mass is 9.94. The molecule has 0 aliphatic carbocycles. The van der Waals surface area contributed by atoms with Gasteiger partial charge in [0.05, 0.1) is 13.2 Å². The molecule has 10 N–H and O–H groups in total. The van der Waals surface area contributed by atoms with Crippen LogP contribution in [-0.2, 0) is 14.2 Å². The van der Waals surface area contributed by atoms with E-state index in [4.69, 9.17) is 24.4 Å². The summed E-state index contributed by atoms with van der Waals surface area (Å²) in [5, 5.41) is 96.9. The fraction of sp³-hybridized carbons (Fsp3) is 1.00. The van der Waals surface area contributed by atoms with Gasteiger partial charge in [0.1, 0.15) is 61.0 Å². The van der Waals surface area contributed by atoms with E-state index in [0.29, 0.717) is 0 Å². The first-order valence-electron chi connectivity index (χ1n) is 8.26. The summed E-state index contributed by atoms with van der Waals surface area (Å²) in [5.41, 5.74) is 0. The SMILES string of the molecule is OCC(O)C1OC(O[C@@H]2C(O)O[C@H]([C@@H](O)CO)[C@@H](O)[C@@H]2O)C(O)C(O)C1O. The van der Waals surface area contributed by atoms with Crippen molar-refractivity contribution in [2.24, 2.45) is 0 Å². The largest absolute Gasteiger partial charge is 0.394 e. The molecule has 0 amide bonds. The first kappa shape index (κ1) is 22.8. The predicted molar refractivity (Wildman–Crippen MR) is 80.6 cm³/mol. The summed E-state index contributed by atoms with van der Waals surface area (Å²) in [7, 11) is 0. The van der Waals surface area contributed by atoms with E-state index in [0.717, 1.165) is 0 Å². The fourth-order valence-electron chi connectivity index (χ4n) is 3.01. The maximum absolute atomic E-state index is 10.1. The van der Waals surface area contributed by atoms with Crippen LogP contribution in [0.15, 0.2) is 0 Å². The van der Waals surface area contributed by atoms with Crippen molar-refractivity contribution >= 4 is 0 Å². The van der Waals surface area contributed by atoms with Crippen LogP contribution in [0.2, 0.25) is 0 Å². The van der Waals surface area contributed by atoms with Crippen LogP contribution in [0.5, 0.6) is 0 Å². The van der Waals surface area contributed by atoms with Crippen LogP contribution in [0.4, 0.5) is 0 Å². The average molecular weight is 402 g/mol. The van der Waals surface area contributed by atoms with Crippen LogP contribution in [0.1, 0.15) is 0 Å². The summed E-state index contributed by atoms with van der Waals surface area (Å²) in [6, 6.07) is 0. The Morgan fingerprint density at radius 2 is 1.15 bits per heavy atom. The first-order chi connectivity index (χ1) is 12.6. The molecule has 2 saturated heterocycles. The van der Waals surface area contributed by atoms with Gasteiger partial charge in [-0.25, -0.2) is 0 Å². The van der Waals surface area contributed by atoms with Gasteiger partial charge in [0.25, 0.3) is 0 Å². The third-order valence-corrected chi connectivity index (χ3v) is 4.63. The molecular formula is C14H26O13. The Hall–Kier alpha value is -0.520. The second kappa shape index (κ2) is 9.32. The van der Waals surface area contributed by atoms with Crippen LogP contribution in [0, 0.1) is 0 Å². The van der Waals surface area contributed by atoms with Crippen LogP contribution in [0.3, 0.4) is 0 Å². The molecule has 0 saturated carbocycles. The Kier molecular flexibility index (Phi) is 7.86. The molecule has 7 unspecified atom stereocenters. The van der Waals surface area contributed by atoms with E-state index in [-0.39, 0.29) is 0 Å². The quantitative estimate of drug-likeness (QED) is 0.199. The van der Waals surface area contributed by atoms with Crippen molar-refractivity contribution in [3.63, 3.8) is 0 Å². The van der Waals surface area contributed by atoms with E-state index in [1.165, 1.54) is 0 Å². The Labute approximate surface area is 153 Å². The predicted octanol–water partition coefficient (Wildman–Crippen LogP) is -6.68. The molecule has 0 spiro atoms. The Morgan fingerprint density at radius 3 is 1.67 bits per heavy atom. The second-order valence-electron chi connectivity index (χ2n) is 6.51. The van der Waals surface area contributed by atoms with E-state index in [1.807, 2.05) is 0 Å². The Bertz CT molecular complexity index is 466. The van der Waals surface area contributed by atoms with Crippen LogP contribution >= 0.6 is 0 Å². The zero-order valence-corrected chi connectivity index (χ0v) is 14.0. The third-order valence-electron chi connectivity index (χ3n) is 4.63. The topological polar surface area (TPSA) is 230 Å². The maximum Gasteiger partial charge on any atom is 0.187 e. The van der Waals surface area contributed by atoms with Gasteiger partial charge in [-0.05, 0) is 0 Å². The van der Waals surface area contributed by atoms with E-state index >= 15 is 0 Å². The molecule has 2 heterocycles. The summed E-state index contributed by atoms with van der Waals surface area (Å²) in [6.45, 7) is -1.66. The highest BCUT2D eigenvalue weighted by Gasteiger charge is 2.52. The molecule has 160 valence electrons. The highest BCUT2D eigenvalue weighted by molar-refractivity contribution is 4.96. The van der Waals surface area contributed by atoms with Crippen molar-refractivity contribution in [1.29, 1.82) is 0 Å². The molecule has 2 aliphatic heterocycles. The summed E-state index contributed by atoms with van der Waals surface area (Å²) in [6.07, 6.45) is -21.0. The van der Waals surface area contributed by atoms with E-state index in [9.17, 15) is 40.9 Å². The number of rotatable bonds is 6. The first-order valence-corrected chi connectivity index (χ1v) is 8.26. The number of aliphatic hydroxyl groups excluding tert-OH is 10. The fourth-order valence-corrected chi connectivity index (χ4v) is 3.01. The third kappa shape index (κ3) is 4.56. The zero-order valence-electron chi connectivity index (χ0n) is 14.0. The molecule has 12 atom stereocenters. The van der Waals surface area contributed by atoms with Crippen molar-refractivity contribution in [2.75, 3.05) is 13.2 Å². The summed E-state index contributed by atoms with van der Waals surface area (Å²) in [4.78, 5) is 0. The van der Waals surface area contributed by atoms with Crippen LogP contribution in [-0.4, -0.2) is 138 Å². The van der Waals surface area contributed by atoms with Gasteiger partial charge in [-0.3, -0.25) is 0 Å². The maximum atomic E-state index is 10.1. The van der Waals surface area contributed by atoms with Crippen molar-refractivity contribution in [3.8, 4) is 0 Å².